The predicted molar refractivity (Wildman–Crippen MR) is 132 cm³/mol. The SMILES string of the molecule is COC(=O)CNOP(=O)(ONCC(=O)OC)Oc1cc(/C=C\c2cc(F)c(OC)c(OC)c2)ccc1OC. The van der Waals surface area contributed by atoms with Crippen LogP contribution in [-0.4, -0.2) is 60.6 Å². The topological polar surface area (TPSA) is 149 Å². The van der Waals surface area contributed by atoms with E-state index in [1.54, 1.807) is 24.3 Å². The van der Waals surface area contributed by atoms with Crippen LogP contribution in [0, 0.1) is 5.82 Å². The molecule has 0 saturated heterocycles. The summed E-state index contributed by atoms with van der Waals surface area (Å²) in [6, 6.07) is 7.44. The van der Waals surface area contributed by atoms with Crippen LogP contribution in [0.15, 0.2) is 30.3 Å². The van der Waals surface area contributed by atoms with Crippen molar-refractivity contribution in [2.75, 3.05) is 48.6 Å². The van der Waals surface area contributed by atoms with Crippen LogP contribution in [0.2, 0.25) is 0 Å². The normalized spacial score (nSPS) is 11.2. The van der Waals surface area contributed by atoms with Gasteiger partial charge in [0, 0.05) is 0 Å². The molecule has 0 aliphatic rings. The van der Waals surface area contributed by atoms with Gasteiger partial charge in [0.15, 0.2) is 28.8 Å². The molecule has 0 spiro atoms. The number of ether oxygens (including phenoxy) is 5. The smallest absolute Gasteiger partial charge is 0.493 e. The fourth-order valence-electron chi connectivity index (χ4n) is 2.76. The monoisotopic (exact) mass is 558 g/mol. The maximum absolute atomic E-state index is 14.3. The maximum atomic E-state index is 14.3. The van der Waals surface area contributed by atoms with Gasteiger partial charge in [-0.1, -0.05) is 18.2 Å². The highest BCUT2D eigenvalue weighted by atomic mass is 31.2. The number of hydrogen-bond acceptors (Lipinski definition) is 13. The first kappa shape index (κ1) is 30.5. The minimum atomic E-state index is -4.56. The highest BCUT2D eigenvalue weighted by Gasteiger charge is 2.32. The van der Waals surface area contributed by atoms with Crippen LogP contribution < -0.4 is 29.7 Å². The predicted octanol–water partition coefficient (Wildman–Crippen LogP) is 2.90. The highest BCUT2D eigenvalue weighted by molar-refractivity contribution is 7.48. The summed E-state index contributed by atoms with van der Waals surface area (Å²) in [7, 11) is 1.80. The molecule has 2 aromatic carbocycles. The van der Waals surface area contributed by atoms with Gasteiger partial charge in [0.05, 0.1) is 35.5 Å². The number of rotatable bonds is 15. The second-order valence-electron chi connectivity index (χ2n) is 7.00. The fourth-order valence-corrected chi connectivity index (χ4v) is 3.70. The lowest BCUT2D eigenvalue weighted by Crippen LogP contribution is -2.28. The Morgan fingerprint density at radius 3 is 1.87 bits per heavy atom. The third kappa shape index (κ3) is 9.01. The van der Waals surface area contributed by atoms with Crippen LogP contribution in [0.3, 0.4) is 0 Å². The average Bonchev–Trinajstić information content (AvgIpc) is 2.91. The zero-order valence-electron chi connectivity index (χ0n) is 21.3. The van der Waals surface area contributed by atoms with Crippen molar-refractivity contribution >= 4 is 31.9 Å². The molecular weight excluding hydrogens is 530 g/mol. The molecule has 0 heterocycles. The van der Waals surface area contributed by atoms with Crippen LogP contribution in [0.25, 0.3) is 12.2 Å². The van der Waals surface area contributed by atoms with Gasteiger partial charge < -0.3 is 28.2 Å². The van der Waals surface area contributed by atoms with E-state index in [1.165, 1.54) is 39.5 Å². The summed E-state index contributed by atoms with van der Waals surface area (Å²) in [4.78, 5) is 22.7. The molecule has 208 valence electrons. The molecule has 0 aromatic heterocycles. The van der Waals surface area contributed by atoms with E-state index in [2.05, 4.69) is 20.4 Å². The second kappa shape index (κ2) is 14.9. The number of hydrogen-bond donors (Lipinski definition) is 2. The van der Waals surface area contributed by atoms with Gasteiger partial charge in [0.1, 0.15) is 13.1 Å². The van der Waals surface area contributed by atoms with Crippen molar-refractivity contribution in [1.82, 2.24) is 11.0 Å². The third-order valence-electron chi connectivity index (χ3n) is 4.56. The number of nitrogens with one attached hydrogen (secondary N) is 2. The van der Waals surface area contributed by atoms with Crippen LogP contribution in [0.4, 0.5) is 4.39 Å². The van der Waals surface area contributed by atoms with Crippen molar-refractivity contribution in [2.45, 2.75) is 0 Å². The Kier molecular flexibility index (Phi) is 12.0. The van der Waals surface area contributed by atoms with Crippen LogP contribution >= 0.6 is 7.82 Å². The maximum Gasteiger partial charge on any atom is 0.564 e. The minimum absolute atomic E-state index is 0.0258. The zero-order valence-corrected chi connectivity index (χ0v) is 22.2. The van der Waals surface area contributed by atoms with E-state index >= 15 is 0 Å². The molecule has 2 aromatic rings. The Balaban J connectivity index is 2.31. The fraction of sp³-hybridized carbons (Fsp3) is 0.304. The Morgan fingerprint density at radius 1 is 0.789 bits per heavy atom. The molecule has 2 N–H and O–H groups in total. The number of methoxy groups -OCH3 is 5. The average molecular weight is 558 g/mol. The van der Waals surface area contributed by atoms with Crippen molar-refractivity contribution in [3.05, 3.63) is 47.3 Å². The van der Waals surface area contributed by atoms with Gasteiger partial charge in [0.2, 0.25) is 0 Å². The molecule has 2 rings (SSSR count). The van der Waals surface area contributed by atoms with E-state index < -0.39 is 38.7 Å². The van der Waals surface area contributed by atoms with Gasteiger partial charge in [-0.25, -0.2) is 8.96 Å². The lowest BCUT2D eigenvalue weighted by molar-refractivity contribution is -0.141. The molecule has 0 bridgehead atoms. The van der Waals surface area contributed by atoms with Crippen molar-refractivity contribution in [1.29, 1.82) is 0 Å². The van der Waals surface area contributed by atoms with E-state index in [0.717, 1.165) is 14.2 Å². The standard InChI is InChI=1S/C23H28FN2O11P/c1-30-18-9-8-15(6-7-16-10-17(24)23(34-5)20(12-16)31-2)11-19(18)35-38(29,36-25-13-21(27)32-3)37-26-14-22(28)33-4/h6-12,25-26H,13-14H2,1-5H3/b7-6-. The van der Waals surface area contributed by atoms with E-state index in [0.29, 0.717) is 11.1 Å². The van der Waals surface area contributed by atoms with Gasteiger partial charge in [-0.3, -0.25) is 9.59 Å². The molecule has 0 fully saturated rings. The molecule has 0 radical (unpaired) electrons. The number of esters is 2. The lowest BCUT2D eigenvalue weighted by Gasteiger charge is -2.19. The lowest BCUT2D eigenvalue weighted by atomic mass is 10.1. The first-order valence-electron chi connectivity index (χ1n) is 10.7. The van der Waals surface area contributed by atoms with Crippen molar-refractivity contribution in [3.8, 4) is 23.0 Å². The van der Waals surface area contributed by atoms with Crippen LogP contribution in [0.1, 0.15) is 11.1 Å². The first-order chi connectivity index (χ1) is 18.2. The van der Waals surface area contributed by atoms with Gasteiger partial charge in [-0.2, -0.15) is 20.2 Å². The molecular formula is C23H28FN2O11P. The molecule has 0 aliphatic heterocycles. The Hall–Kier alpha value is -3.68. The number of halogens is 1. The first-order valence-corrected chi connectivity index (χ1v) is 12.2. The number of hydroxylamine groups is 2. The number of carbonyl (C=O) groups excluding carboxylic acids is 2. The summed E-state index contributed by atoms with van der Waals surface area (Å²) in [6.45, 7) is -0.988. The quantitative estimate of drug-likeness (QED) is 0.143. The second-order valence-corrected chi connectivity index (χ2v) is 8.44. The molecule has 0 amide bonds. The summed E-state index contributed by atoms with van der Waals surface area (Å²) >= 11 is 0. The van der Waals surface area contributed by atoms with E-state index in [9.17, 15) is 18.5 Å². The molecule has 0 atom stereocenters. The number of phosphoric acid groups is 1. The Morgan fingerprint density at radius 2 is 1.34 bits per heavy atom. The van der Waals surface area contributed by atoms with Gasteiger partial charge >= 0.3 is 19.8 Å². The molecule has 0 saturated carbocycles. The number of carbonyl (C=O) groups is 2. The summed E-state index contributed by atoms with van der Waals surface area (Å²) in [5, 5.41) is 0. The van der Waals surface area contributed by atoms with E-state index in [-0.39, 0.29) is 23.0 Å². The van der Waals surface area contributed by atoms with Crippen LogP contribution in [0.5, 0.6) is 23.0 Å². The molecule has 38 heavy (non-hydrogen) atoms. The van der Waals surface area contributed by atoms with E-state index in [4.69, 9.17) is 28.0 Å². The largest absolute Gasteiger partial charge is 0.564 e. The zero-order chi connectivity index (χ0) is 28.1. The summed E-state index contributed by atoms with van der Waals surface area (Å²) in [5.74, 6) is -1.82. The van der Waals surface area contributed by atoms with E-state index in [1.807, 2.05) is 0 Å². The summed E-state index contributed by atoms with van der Waals surface area (Å²) < 4.78 is 67.2. The summed E-state index contributed by atoms with van der Waals surface area (Å²) in [6.07, 6.45) is 3.21. The van der Waals surface area contributed by atoms with Gasteiger partial charge in [0.25, 0.3) is 0 Å². The van der Waals surface area contributed by atoms with Crippen LogP contribution in [-0.2, 0) is 32.9 Å². The third-order valence-corrected chi connectivity index (χ3v) is 5.69. The molecule has 13 nitrogen and oxygen atoms in total. The van der Waals surface area contributed by atoms with Gasteiger partial charge in [-0.15, -0.1) is 0 Å². The number of benzene rings is 2. The van der Waals surface area contributed by atoms with Crippen molar-refractivity contribution < 1.29 is 56.0 Å². The molecule has 0 aliphatic carbocycles. The Bertz CT molecular complexity index is 1170. The summed E-state index contributed by atoms with van der Waals surface area (Å²) in [5.41, 5.74) is 5.22. The van der Waals surface area contributed by atoms with Crippen molar-refractivity contribution in [3.63, 3.8) is 0 Å². The van der Waals surface area contributed by atoms with Crippen molar-refractivity contribution in [2.24, 2.45) is 0 Å². The molecule has 15 heteroatoms. The Labute approximate surface area is 218 Å². The molecule has 0 unspecified atom stereocenters. The minimum Gasteiger partial charge on any atom is -0.493 e. The van der Waals surface area contributed by atoms with Gasteiger partial charge in [-0.05, 0) is 35.4 Å². The highest BCUT2D eigenvalue weighted by Crippen LogP contribution is 2.50.